The Kier molecular flexibility index (Phi) is 9.84. The van der Waals surface area contributed by atoms with E-state index in [-0.39, 0.29) is 12.5 Å². The van der Waals surface area contributed by atoms with Crippen LogP contribution in [0.1, 0.15) is 28.2 Å². The van der Waals surface area contributed by atoms with E-state index in [0.717, 1.165) is 11.1 Å². The molecule has 188 valence electrons. The minimum absolute atomic E-state index is 0.122. The predicted molar refractivity (Wildman–Crippen MR) is 149 cm³/mol. The third-order valence-electron chi connectivity index (χ3n) is 5.16. The Morgan fingerprint density at radius 3 is 2.56 bits per heavy atom. The molecule has 3 aromatic carbocycles. The van der Waals surface area contributed by atoms with Crippen molar-refractivity contribution in [2.75, 3.05) is 24.7 Å². The van der Waals surface area contributed by atoms with Gasteiger partial charge in [-0.25, -0.2) is 5.43 Å². The number of hydrogen-bond acceptors (Lipinski definition) is 7. The van der Waals surface area contributed by atoms with Crippen molar-refractivity contribution in [2.45, 2.75) is 18.1 Å². The molecular weight excluding hydrogens is 516 g/mol. The van der Waals surface area contributed by atoms with E-state index in [0.29, 0.717) is 40.1 Å². The molecule has 0 unspecified atom stereocenters. The van der Waals surface area contributed by atoms with Gasteiger partial charge in [-0.3, -0.25) is 4.79 Å². The zero-order chi connectivity index (χ0) is 25.2. The first-order valence-electron chi connectivity index (χ1n) is 11.5. The summed E-state index contributed by atoms with van der Waals surface area (Å²) >= 11 is 10.1. The van der Waals surface area contributed by atoms with Crippen molar-refractivity contribution in [3.05, 3.63) is 88.4 Å². The topological polar surface area (TPSA) is 69.2 Å². The number of hydrogen-bond donors (Lipinski definition) is 1. The third-order valence-corrected chi connectivity index (χ3v) is 8.63. The van der Waals surface area contributed by atoms with E-state index in [1.54, 1.807) is 18.3 Å². The van der Waals surface area contributed by atoms with Crippen molar-refractivity contribution in [1.82, 2.24) is 5.43 Å². The molecule has 3 aromatic rings. The molecule has 0 saturated carbocycles. The fourth-order valence-corrected chi connectivity index (χ4v) is 6.45. The molecule has 0 aromatic heterocycles. The van der Waals surface area contributed by atoms with Crippen molar-refractivity contribution >= 4 is 47.2 Å². The van der Waals surface area contributed by atoms with E-state index in [4.69, 9.17) is 25.8 Å². The normalized spacial score (nSPS) is 13.6. The zero-order valence-corrected chi connectivity index (χ0v) is 22.2. The highest BCUT2D eigenvalue weighted by Gasteiger charge is 2.18. The lowest BCUT2D eigenvalue weighted by atomic mass is 10.2. The lowest BCUT2D eigenvalue weighted by Gasteiger charge is -2.13. The number of hydrazone groups is 1. The van der Waals surface area contributed by atoms with E-state index < -0.39 is 0 Å². The highest BCUT2D eigenvalue weighted by atomic mass is 35.5. The number of benzene rings is 3. The maximum absolute atomic E-state index is 12.1. The minimum Gasteiger partial charge on any atom is -0.490 e. The van der Waals surface area contributed by atoms with Gasteiger partial charge in [-0.05, 0) is 54.4 Å². The predicted octanol–water partition coefficient (Wildman–Crippen LogP) is 6.33. The smallest absolute Gasteiger partial charge is 0.277 e. The van der Waals surface area contributed by atoms with Crippen molar-refractivity contribution in [3.63, 3.8) is 0 Å². The van der Waals surface area contributed by atoms with Gasteiger partial charge in [0.2, 0.25) is 0 Å². The Hall–Kier alpha value is -2.81. The monoisotopic (exact) mass is 542 g/mol. The second-order valence-electron chi connectivity index (χ2n) is 7.74. The first kappa shape index (κ1) is 26.3. The van der Waals surface area contributed by atoms with Gasteiger partial charge in [-0.2, -0.15) is 5.10 Å². The first-order chi connectivity index (χ1) is 17.6. The van der Waals surface area contributed by atoms with Crippen LogP contribution >= 0.6 is 35.1 Å². The van der Waals surface area contributed by atoms with Crippen LogP contribution in [-0.4, -0.2) is 36.8 Å². The van der Waals surface area contributed by atoms with E-state index >= 15 is 0 Å². The van der Waals surface area contributed by atoms with Crippen LogP contribution in [0.25, 0.3) is 0 Å². The Bertz CT molecular complexity index is 1180. The third kappa shape index (κ3) is 7.59. The maximum atomic E-state index is 12.1. The van der Waals surface area contributed by atoms with Crippen molar-refractivity contribution < 1.29 is 19.0 Å². The molecule has 1 fully saturated rings. The number of thioether (sulfide) groups is 2. The zero-order valence-electron chi connectivity index (χ0n) is 19.8. The van der Waals surface area contributed by atoms with Crippen LogP contribution in [-0.2, 0) is 11.4 Å². The summed E-state index contributed by atoms with van der Waals surface area (Å²) in [5.41, 5.74) is 5.40. The van der Waals surface area contributed by atoms with Gasteiger partial charge in [0.05, 0.1) is 17.4 Å². The van der Waals surface area contributed by atoms with Gasteiger partial charge in [0.1, 0.15) is 12.4 Å². The molecule has 6 nitrogen and oxygen atoms in total. The maximum Gasteiger partial charge on any atom is 0.277 e. The Balaban J connectivity index is 1.27. The van der Waals surface area contributed by atoms with Crippen molar-refractivity contribution in [1.29, 1.82) is 0 Å². The summed E-state index contributed by atoms with van der Waals surface area (Å²) in [6.45, 7) is 2.59. The fourth-order valence-electron chi connectivity index (χ4n) is 3.40. The second-order valence-corrected chi connectivity index (χ2v) is 10.9. The number of rotatable bonds is 11. The summed E-state index contributed by atoms with van der Waals surface area (Å²) in [7, 11) is 0. The summed E-state index contributed by atoms with van der Waals surface area (Å²) in [6, 6.07) is 20.9. The molecule has 0 radical (unpaired) electrons. The number of nitrogens with one attached hydrogen (secondary N) is 1. The average molecular weight is 543 g/mol. The molecule has 4 rings (SSSR count). The van der Waals surface area contributed by atoms with Gasteiger partial charge in [0.15, 0.2) is 18.1 Å². The number of amides is 1. The van der Waals surface area contributed by atoms with E-state index in [1.165, 1.54) is 17.1 Å². The summed E-state index contributed by atoms with van der Waals surface area (Å²) in [6.07, 6.45) is 1.55. The molecule has 0 spiro atoms. The van der Waals surface area contributed by atoms with Crippen LogP contribution in [0.2, 0.25) is 5.02 Å². The van der Waals surface area contributed by atoms with Gasteiger partial charge in [-0.1, -0.05) is 41.9 Å². The van der Waals surface area contributed by atoms with Gasteiger partial charge in [0.25, 0.3) is 5.91 Å². The number of carbonyl (C=O) groups excluding carboxylic acids is 1. The van der Waals surface area contributed by atoms with Crippen LogP contribution in [0.15, 0.2) is 71.8 Å². The Morgan fingerprint density at radius 2 is 1.81 bits per heavy atom. The quantitative estimate of drug-likeness (QED) is 0.226. The Morgan fingerprint density at radius 1 is 1.03 bits per heavy atom. The molecule has 1 amide bonds. The van der Waals surface area contributed by atoms with Gasteiger partial charge >= 0.3 is 0 Å². The van der Waals surface area contributed by atoms with Crippen molar-refractivity contribution in [3.8, 4) is 17.2 Å². The van der Waals surface area contributed by atoms with Gasteiger partial charge < -0.3 is 14.2 Å². The lowest BCUT2D eigenvalue weighted by molar-refractivity contribution is -0.123. The highest BCUT2D eigenvalue weighted by molar-refractivity contribution is 8.19. The van der Waals surface area contributed by atoms with Gasteiger partial charge in [-0.15, -0.1) is 23.5 Å². The van der Waals surface area contributed by atoms with Crippen LogP contribution in [0.3, 0.4) is 0 Å². The van der Waals surface area contributed by atoms with E-state index in [1.807, 2.05) is 72.9 Å². The molecule has 9 heteroatoms. The lowest BCUT2D eigenvalue weighted by Crippen LogP contribution is -2.24. The Labute approximate surface area is 224 Å². The molecule has 0 atom stereocenters. The second kappa shape index (κ2) is 13.5. The largest absolute Gasteiger partial charge is 0.490 e. The number of nitrogens with zero attached hydrogens (tertiary/aromatic N) is 1. The summed E-state index contributed by atoms with van der Waals surface area (Å²) < 4.78 is 17.7. The number of halogens is 1. The van der Waals surface area contributed by atoms with Crippen LogP contribution in [0, 0.1) is 0 Å². The highest BCUT2D eigenvalue weighted by Crippen LogP contribution is 2.45. The number of carbonyl (C=O) groups is 1. The van der Waals surface area contributed by atoms with Crippen LogP contribution < -0.4 is 19.6 Å². The van der Waals surface area contributed by atoms with Crippen LogP contribution in [0.4, 0.5) is 0 Å². The van der Waals surface area contributed by atoms with E-state index in [9.17, 15) is 4.79 Å². The molecule has 36 heavy (non-hydrogen) atoms. The molecule has 1 aliphatic heterocycles. The fraction of sp³-hybridized carbons (Fsp3) is 0.259. The first-order valence-corrected chi connectivity index (χ1v) is 14.0. The summed E-state index contributed by atoms with van der Waals surface area (Å²) in [5, 5.41) is 4.68. The van der Waals surface area contributed by atoms with Crippen LogP contribution in [0.5, 0.6) is 17.2 Å². The average Bonchev–Trinajstić information content (AvgIpc) is 3.44. The molecule has 1 saturated heterocycles. The van der Waals surface area contributed by atoms with E-state index in [2.05, 4.69) is 22.7 Å². The summed E-state index contributed by atoms with van der Waals surface area (Å²) in [4.78, 5) is 12.1. The van der Waals surface area contributed by atoms with Gasteiger partial charge in [0, 0.05) is 22.1 Å². The molecule has 0 aliphatic carbocycles. The number of ether oxygens (including phenoxy) is 3. The molecule has 1 aliphatic rings. The SMILES string of the molecule is CCOc1cc(/C=N\NC(=O)COc2ccc(C3SCCS3)cc2)ccc1OCc1ccccc1Cl. The minimum atomic E-state index is -0.345. The standard InChI is InChI=1S/C27H27ClN2O4S2/c1-2-32-25-15-19(7-12-24(25)34-17-21-5-3-4-6-23(21)28)16-29-30-26(31)18-33-22-10-8-20(9-11-22)27-35-13-14-36-27/h3-12,15-16,27H,2,13-14,17-18H2,1H3,(H,30,31)/b29-16-. The van der Waals surface area contributed by atoms with Crippen molar-refractivity contribution in [2.24, 2.45) is 5.10 Å². The molecular formula is C27H27ClN2O4S2. The summed E-state index contributed by atoms with van der Waals surface area (Å²) in [5.74, 6) is 3.86. The molecule has 1 N–H and O–H groups in total. The molecule has 0 bridgehead atoms. The molecule has 1 heterocycles.